The Morgan fingerprint density at radius 2 is 1.71 bits per heavy atom. The van der Waals surface area contributed by atoms with Crippen molar-refractivity contribution in [1.82, 2.24) is 5.06 Å². The van der Waals surface area contributed by atoms with Crippen LogP contribution in [0, 0.1) is 11.8 Å². The highest BCUT2D eigenvalue weighted by atomic mass is 16.5. The van der Waals surface area contributed by atoms with Crippen LogP contribution in [-0.2, 0) is 9.59 Å². The third kappa shape index (κ3) is 4.70. The average Bonchev–Trinajstić information content (AvgIpc) is 2.13. The first-order valence-corrected chi connectivity index (χ1v) is 5.68. The largest absolute Gasteiger partial charge is 0.480 e. The van der Waals surface area contributed by atoms with E-state index in [0.29, 0.717) is 6.42 Å². The molecule has 0 spiro atoms. The predicted molar refractivity (Wildman–Crippen MR) is 62.3 cm³/mol. The monoisotopic (exact) mass is 246 g/mol. The van der Waals surface area contributed by atoms with Gasteiger partial charge in [0, 0.05) is 0 Å². The average molecular weight is 246 g/mol. The summed E-state index contributed by atoms with van der Waals surface area (Å²) < 4.78 is 0. The highest BCUT2D eigenvalue weighted by Gasteiger charge is 2.34. The first-order valence-electron chi connectivity index (χ1n) is 5.68. The van der Waals surface area contributed by atoms with Crippen LogP contribution in [0.3, 0.4) is 0 Å². The second kappa shape index (κ2) is 6.56. The van der Waals surface area contributed by atoms with E-state index in [1.165, 1.54) is 0 Å². The van der Waals surface area contributed by atoms with Gasteiger partial charge in [-0.2, -0.15) is 0 Å². The van der Waals surface area contributed by atoms with Crippen molar-refractivity contribution in [1.29, 1.82) is 0 Å². The van der Waals surface area contributed by atoms with Crippen LogP contribution < -0.4 is 5.73 Å². The van der Waals surface area contributed by atoms with Crippen LogP contribution in [0.25, 0.3) is 0 Å². The molecular weight excluding hydrogens is 224 g/mol. The Hall–Kier alpha value is -1.14. The fraction of sp³-hybridized carbons (Fsp3) is 0.818. The van der Waals surface area contributed by atoms with Gasteiger partial charge in [0.1, 0.15) is 0 Å². The summed E-state index contributed by atoms with van der Waals surface area (Å²) in [5, 5.41) is 18.8. The van der Waals surface area contributed by atoms with Gasteiger partial charge in [-0.15, -0.1) is 0 Å². The van der Waals surface area contributed by atoms with Crippen LogP contribution in [0.15, 0.2) is 0 Å². The molecule has 0 bridgehead atoms. The van der Waals surface area contributed by atoms with Gasteiger partial charge in [0.05, 0.1) is 6.04 Å². The van der Waals surface area contributed by atoms with E-state index in [-0.39, 0.29) is 11.0 Å². The Balaban J connectivity index is 4.71. The molecule has 6 heteroatoms. The normalized spacial score (nSPS) is 14.8. The van der Waals surface area contributed by atoms with Gasteiger partial charge in [0.2, 0.25) is 0 Å². The molecule has 4 N–H and O–H groups in total. The fourth-order valence-electron chi connectivity index (χ4n) is 1.59. The molecule has 0 saturated heterocycles. The molecule has 0 aromatic rings. The van der Waals surface area contributed by atoms with Crippen LogP contribution in [0.1, 0.15) is 34.1 Å². The van der Waals surface area contributed by atoms with Gasteiger partial charge in [0.25, 0.3) is 5.91 Å². The first-order chi connectivity index (χ1) is 7.68. The maximum absolute atomic E-state index is 11.7. The van der Waals surface area contributed by atoms with Gasteiger partial charge in [-0.3, -0.25) is 10.0 Å². The third-order valence-corrected chi connectivity index (χ3v) is 2.42. The Bertz CT molecular complexity index is 279. The number of hydroxylamine groups is 2. The maximum atomic E-state index is 11.7. The molecule has 0 heterocycles. The minimum atomic E-state index is -1.26. The molecule has 2 atom stereocenters. The lowest BCUT2D eigenvalue weighted by molar-refractivity contribution is -0.191. The van der Waals surface area contributed by atoms with Crippen LogP contribution in [0.2, 0.25) is 0 Å². The molecule has 0 saturated carbocycles. The second-order valence-electron chi connectivity index (χ2n) is 4.95. The summed E-state index contributed by atoms with van der Waals surface area (Å²) in [5.41, 5.74) is 5.61. The minimum absolute atomic E-state index is 0.199. The number of carbonyl (C=O) groups is 2. The van der Waals surface area contributed by atoms with Crippen molar-refractivity contribution in [2.75, 3.05) is 0 Å². The Labute approximate surface area is 101 Å². The van der Waals surface area contributed by atoms with Crippen molar-refractivity contribution in [3.8, 4) is 0 Å². The van der Waals surface area contributed by atoms with E-state index in [1.54, 1.807) is 13.8 Å². The third-order valence-electron chi connectivity index (χ3n) is 2.42. The SMILES string of the molecule is CC(C)C[C@H](N)C(=O)N(O)C(C(=O)O)C(C)C. The molecule has 100 valence electrons. The number of rotatable bonds is 6. The lowest BCUT2D eigenvalue weighted by Gasteiger charge is -2.27. The predicted octanol–water partition coefficient (Wildman–Crippen LogP) is 0.687. The number of hydrogen-bond donors (Lipinski definition) is 3. The van der Waals surface area contributed by atoms with Crippen LogP contribution in [0.5, 0.6) is 0 Å². The molecule has 17 heavy (non-hydrogen) atoms. The van der Waals surface area contributed by atoms with E-state index in [4.69, 9.17) is 10.8 Å². The van der Waals surface area contributed by atoms with Crippen molar-refractivity contribution in [3.05, 3.63) is 0 Å². The summed E-state index contributed by atoms with van der Waals surface area (Å²) in [6.07, 6.45) is 0.403. The molecule has 0 aromatic heterocycles. The molecule has 0 aliphatic heterocycles. The number of amides is 1. The van der Waals surface area contributed by atoms with Gasteiger partial charge in [-0.25, -0.2) is 9.86 Å². The zero-order chi connectivity index (χ0) is 13.7. The number of aliphatic carboxylic acids is 1. The second-order valence-corrected chi connectivity index (χ2v) is 4.95. The maximum Gasteiger partial charge on any atom is 0.329 e. The summed E-state index contributed by atoms with van der Waals surface area (Å²) in [6, 6.07) is -2.14. The molecule has 0 radical (unpaired) electrons. The quantitative estimate of drug-likeness (QED) is 0.472. The topological polar surface area (TPSA) is 104 Å². The summed E-state index contributed by atoms with van der Waals surface area (Å²) in [5.74, 6) is -2.19. The summed E-state index contributed by atoms with van der Waals surface area (Å²) in [7, 11) is 0. The van der Waals surface area contributed by atoms with E-state index in [1.807, 2.05) is 13.8 Å². The summed E-state index contributed by atoms with van der Waals surface area (Å²) in [6.45, 7) is 7.02. The van der Waals surface area contributed by atoms with Crippen molar-refractivity contribution >= 4 is 11.9 Å². The first kappa shape index (κ1) is 15.9. The number of carboxylic acids is 1. The number of nitrogens with zero attached hydrogens (tertiary/aromatic N) is 1. The van der Waals surface area contributed by atoms with Gasteiger partial charge in [-0.05, 0) is 18.3 Å². The van der Waals surface area contributed by atoms with Gasteiger partial charge >= 0.3 is 5.97 Å². The molecule has 0 aliphatic carbocycles. The van der Waals surface area contributed by atoms with E-state index in [0.717, 1.165) is 0 Å². The van der Waals surface area contributed by atoms with Gasteiger partial charge in [0.15, 0.2) is 6.04 Å². The van der Waals surface area contributed by atoms with E-state index < -0.39 is 29.9 Å². The Kier molecular flexibility index (Phi) is 6.12. The van der Waals surface area contributed by atoms with E-state index >= 15 is 0 Å². The van der Waals surface area contributed by atoms with Crippen LogP contribution in [0.4, 0.5) is 0 Å². The zero-order valence-electron chi connectivity index (χ0n) is 10.8. The number of carbonyl (C=O) groups excluding carboxylic acids is 1. The summed E-state index contributed by atoms with van der Waals surface area (Å²) >= 11 is 0. The van der Waals surface area contributed by atoms with Gasteiger partial charge in [-0.1, -0.05) is 27.7 Å². The number of nitrogens with two attached hydrogens (primary N) is 1. The summed E-state index contributed by atoms with van der Waals surface area (Å²) in [4.78, 5) is 22.7. The Morgan fingerprint density at radius 3 is 2.00 bits per heavy atom. The molecular formula is C11H22N2O4. The number of hydrogen-bond acceptors (Lipinski definition) is 4. The van der Waals surface area contributed by atoms with Crippen molar-refractivity contribution in [2.45, 2.75) is 46.2 Å². The molecule has 0 aliphatic rings. The lowest BCUT2D eigenvalue weighted by atomic mass is 10.0. The smallest absolute Gasteiger partial charge is 0.329 e. The molecule has 1 amide bonds. The number of carboxylic acid groups (broad SMARTS) is 1. The lowest BCUT2D eigenvalue weighted by Crippen LogP contribution is -2.52. The minimum Gasteiger partial charge on any atom is -0.480 e. The van der Waals surface area contributed by atoms with E-state index in [9.17, 15) is 14.8 Å². The fourth-order valence-corrected chi connectivity index (χ4v) is 1.59. The Morgan fingerprint density at radius 1 is 1.24 bits per heavy atom. The van der Waals surface area contributed by atoms with Crippen LogP contribution >= 0.6 is 0 Å². The molecule has 0 aromatic carbocycles. The zero-order valence-corrected chi connectivity index (χ0v) is 10.8. The van der Waals surface area contributed by atoms with Crippen LogP contribution in [-0.4, -0.2) is 39.3 Å². The molecule has 1 unspecified atom stereocenters. The standard InChI is InChI=1S/C11H22N2O4/c1-6(2)5-8(12)10(14)13(17)9(7(3)4)11(15)16/h6-9,17H,5,12H2,1-4H3,(H,15,16)/t8-,9?/m0/s1. The van der Waals surface area contributed by atoms with E-state index in [2.05, 4.69) is 0 Å². The van der Waals surface area contributed by atoms with Gasteiger partial charge < -0.3 is 10.8 Å². The van der Waals surface area contributed by atoms with Crippen molar-refractivity contribution < 1.29 is 19.9 Å². The highest BCUT2D eigenvalue weighted by Crippen LogP contribution is 2.12. The van der Waals surface area contributed by atoms with Crippen molar-refractivity contribution in [2.24, 2.45) is 17.6 Å². The molecule has 0 rings (SSSR count). The molecule has 6 nitrogen and oxygen atoms in total. The highest BCUT2D eigenvalue weighted by molar-refractivity contribution is 5.85. The molecule has 0 fully saturated rings. The van der Waals surface area contributed by atoms with Crippen molar-refractivity contribution in [3.63, 3.8) is 0 Å².